The monoisotopic (exact) mass is 391 g/mol. The second kappa shape index (κ2) is 7.46. The molecule has 1 aliphatic rings. The Morgan fingerprint density at radius 1 is 1.07 bits per heavy atom. The number of benzene rings is 1. The van der Waals surface area contributed by atoms with Crippen molar-refractivity contribution in [2.45, 2.75) is 24.4 Å². The van der Waals surface area contributed by atoms with Crippen molar-refractivity contribution in [2.24, 2.45) is 5.73 Å². The molecule has 1 aliphatic heterocycles. The molecular formula is C19H25N3O4S. The molecule has 0 atom stereocenters. The van der Waals surface area contributed by atoms with Crippen LogP contribution >= 0.6 is 0 Å². The predicted octanol–water partition coefficient (Wildman–Crippen LogP) is 1.66. The molecule has 2 N–H and O–H groups in total. The van der Waals surface area contributed by atoms with Crippen molar-refractivity contribution in [1.29, 1.82) is 0 Å². The van der Waals surface area contributed by atoms with Crippen LogP contribution in [0.5, 0.6) is 0 Å². The number of carbonyl (C=O) groups is 1. The van der Waals surface area contributed by atoms with Gasteiger partial charge in [-0.2, -0.15) is 4.31 Å². The summed E-state index contributed by atoms with van der Waals surface area (Å²) in [5.41, 5.74) is 6.36. The van der Waals surface area contributed by atoms with E-state index >= 15 is 0 Å². The Balaban J connectivity index is 1.63. The normalized spacial score (nSPS) is 17.1. The lowest BCUT2D eigenvalue weighted by Gasteiger charge is -2.38. The third-order valence-corrected chi connectivity index (χ3v) is 6.70. The third kappa shape index (κ3) is 4.23. The Hall–Kier alpha value is -2.16. The minimum atomic E-state index is -3.76. The highest BCUT2D eigenvalue weighted by atomic mass is 32.2. The van der Waals surface area contributed by atoms with E-state index in [1.807, 2.05) is 18.2 Å². The molecule has 1 aromatic heterocycles. The van der Waals surface area contributed by atoms with Gasteiger partial charge in [0.2, 0.25) is 5.09 Å². The van der Waals surface area contributed by atoms with Gasteiger partial charge < -0.3 is 10.2 Å². The summed E-state index contributed by atoms with van der Waals surface area (Å²) >= 11 is 0. The lowest BCUT2D eigenvalue weighted by molar-refractivity contribution is 0.0968. The lowest BCUT2D eigenvalue weighted by atomic mass is 9.84. The van der Waals surface area contributed by atoms with Crippen LogP contribution in [-0.4, -0.2) is 56.3 Å². The van der Waals surface area contributed by atoms with Crippen LogP contribution < -0.4 is 5.73 Å². The molecule has 1 fully saturated rings. The number of nitrogens with two attached hydrogens (primary N) is 1. The van der Waals surface area contributed by atoms with Crippen molar-refractivity contribution in [1.82, 2.24) is 9.21 Å². The zero-order chi connectivity index (χ0) is 19.7. The van der Waals surface area contributed by atoms with Crippen molar-refractivity contribution in [3.63, 3.8) is 0 Å². The van der Waals surface area contributed by atoms with Crippen molar-refractivity contribution in [2.75, 3.05) is 32.7 Å². The van der Waals surface area contributed by atoms with Gasteiger partial charge in [-0.25, -0.2) is 8.42 Å². The lowest BCUT2D eigenvalue weighted by Crippen LogP contribution is -2.51. The van der Waals surface area contributed by atoms with Gasteiger partial charge in [0, 0.05) is 38.1 Å². The molecule has 1 aromatic carbocycles. The Morgan fingerprint density at radius 2 is 1.70 bits per heavy atom. The summed E-state index contributed by atoms with van der Waals surface area (Å²) in [5.74, 6) is -0.943. The van der Waals surface area contributed by atoms with E-state index < -0.39 is 15.9 Å². The maximum Gasteiger partial charge on any atom is 0.284 e. The maximum absolute atomic E-state index is 12.7. The minimum Gasteiger partial charge on any atom is -0.438 e. The number of primary amides is 1. The predicted molar refractivity (Wildman–Crippen MR) is 102 cm³/mol. The number of amides is 1. The maximum atomic E-state index is 12.7. The molecule has 0 bridgehead atoms. The molecule has 0 spiro atoms. The first-order valence-electron chi connectivity index (χ1n) is 8.88. The molecule has 7 nitrogen and oxygen atoms in total. The Bertz CT molecular complexity index is 898. The second-order valence-corrected chi connectivity index (χ2v) is 9.28. The molecule has 2 aromatic rings. The zero-order valence-corrected chi connectivity index (χ0v) is 16.4. The van der Waals surface area contributed by atoms with E-state index in [9.17, 15) is 13.2 Å². The fraction of sp³-hybridized carbons (Fsp3) is 0.421. The first-order chi connectivity index (χ1) is 12.7. The minimum absolute atomic E-state index is 0.0281. The van der Waals surface area contributed by atoms with Crippen LogP contribution in [0.1, 0.15) is 30.0 Å². The highest BCUT2D eigenvalue weighted by Crippen LogP contribution is 2.26. The average Bonchev–Trinajstić information content (AvgIpc) is 3.14. The van der Waals surface area contributed by atoms with Gasteiger partial charge in [0.1, 0.15) is 0 Å². The zero-order valence-electron chi connectivity index (χ0n) is 15.6. The summed E-state index contributed by atoms with van der Waals surface area (Å²) in [5, 5.41) is -0.241. The summed E-state index contributed by atoms with van der Waals surface area (Å²) in [4.78, 5) is 13.4. The molecule has 2 heterocycles. The number of rotatable bonds is 6. The van der Waals surface area contributed by atoms with Crippen LogP contribution in [0.25, 0.3) is 0 Å². The molecule has 0 saturated carbocycles. The Labute approximate surface area is 159 Å². The second-order valence-electron chi connectivity index (χ2n) is 7.41. The van der Waals surface area contributed by atoms with Crippen LogP contribution in [0.2, 0.25) is 0 Å². The van der Waals surface area contributed by atoms with E-state index in [0.717, 1.165) is 6.54 Å². The number of hydrogen-bond donors (Lipinski definition) is 1. The molecule has 0 radical (unpaired) electrons. The number of nitrogens with zero attached hydrogens (tertiary/aromatic N) is 2. The van der Waals surface area contributed by atoms with Gasteiger partial charge in [0.15, 0.2) is 5.76 Å². The molecule has 1 amide bonds. The SMILES string of the molecule is CC(C)(CN1CCN(S(=O)(=O)c2ccc(C(N)=O)o2)CC1)c1ccccc1. The molecule has 27 heavy (non-hydrogen) atoms. The largest absolute Gasteiger partial charge is 0.438 e. The first kappa shape index (κ1) is 19.6. The van der Waals surface area contributed by atoms with Crippen LogP contribution in [0.4, 0.5) is 0 Å². The number of carbonyl (C=O) groups excluding carboxylic acids is 1. The molecule has 0 aliphatic carbocycles. The van der Waals surface area contributed by atoms with Crippen LogP contribution in [0.3, 0.4) is 0 Å². The standard InChI is InChI=1S/C19H25N3O4S/c1-19(2,15-6-4-3-5-7-15)14-21-10-12-22(13-11-21)27(24,25)17-9-8-16(26-17)18(20)23/h3-9H,10-14H2,1-2H3,(H2,20,23). The van der Waals surface area contributed by atoms with Gasteiger partial charge in [-0.05, 0) is 17.7 Å². The summed E-state index contributed by atoms with van der Waals surface area (Å²) in [7, 11) is -3.76. The molecule has 146 valence electrons. The van der Waals surface area contributed by atoms with Crippen molar-refractivity contribution in [3.8, 4) is 0 Å². The fourth-order valence-electron chi connectivity index (χ4n) is 3.39. The van der Waals surface area contributed by atoms with E-state index in [1.54, 1.807) is 0 Å². The number of furan rings is 1. The van der Waals surface area contributed by atoms with Gasteiger partial charge in [0.25, 0.3) is 15.9 Å². The van der Waals surface area contributed by atoms with Gasteiger partial charge in [-0.15, -0.1) is 0 Å². The summed E-state index contributed by atoms with van der Waals surface area (Å²) in [6.07, 6.45) is 0. The van der Waals surface area contributed by atoms with Crippen molar-refractivity contribution >= 4 is 15.9 Å². The Morgan fingerprint density at radius 3 is 2.26 bits per heavy atom. The molecular weight excluding hydrogens is 366 g/mol. The van der Waals surface area contributed by atoms with E-state index in [-0.39, 0.29) is 16.3 Å². The highest BCUT2D eigenvalue weighted by molar-refractivity contribution is 7.89. The quantitative estimate of drug-likeness (QED) is 0.808. The fourth-order valence-corrected chi connectivity index (χ4v) is 4.72. The van der Waals surface area contributed by atoms with Crippen molar-refractivity contribution in [3.05, 3.63) is 53.8 Å². The van der Waals surface area contributed by atoms with Crippen molar-refractivity contribution < 1.29 is 17.6 Å². The smallest absolute Gasteiger partial charge is 0.284 e. The molecule has 1 saturated heterocycles. The summed E-state index contributed by atoms with van der Waals surface area (Å²) < 4.78 is 31.9. The summed E-state index contributed by atoms with van der Waals surface area (Å²) in [6, 6.07) is 12.9. The van der Waals surface area contributed by atoms with Gasteiger partial charge in [-0.3, -0.25) is 9.69 Å². The van der Waals surface area contributed by atoms with Gasteiger partial charge in [-0.1, -0.05) is 44.2 Å². The highest BCUT2D eigenvalue weighted by Gasteiger charge is 2.33. The number of piperazine rings is 1. The third-order valence-electron chi connectivity index (χ3n) is 4.92. The van der Waals surface area contributed by atoms with E-state index in [0.29, 0.717) is 26.2 Å². The number of hydrogen-bond acceptors (Lipinski definition) is 5. The van der Waals surface area contributed by atoms with Crippen LogP contribution in [0.15, 0.2) is 52.0 Å². The first-order valence-corrected chi connectivity index (χ1v) is 10.3. The van der Waals surface area contributed by atoms with Crippen LogP contribution in [0, 0.1) is 0 Å². The average molecular weight is 391 g/mol. The Kier molecular flexibility index (Phi) is 5.41. The van der Waals surface area contributed by atoms with E-state index in [2.05, 4.69) is 30.9 Å². The number of sulfonamides is 1. The van der Waals surface area contributed by atoms with E-state index in [1.165, 1.54) is 22.0 Å². The molecule has 0 unspecified atom stereocenters. The molecule has 3 rings (SSSR count). The van der Waals surface area contributed by atoms with Gasteiger partial charge in [0.05, 0.1) is 0 Å². The summed E-state index contributed by atoms with van der Waals surface area (Å²) in [6.45, 7) is 7.26. The van der Waals surface area contributed by atoms with Gasteiger partial charge >= 0.3 is 0 Å². The van der Waals surface area contributed by atoms with Crippen LogP contribution in [-0.2, 0) is 15.4 Å². The topological polar surface area (TPSA) is 96.9 Å². The van der Waals surface area contributed by atoms with E-state index in [4.69, 9.17) is 10.2 Å². The molecule has 8 heteroatoms.